The van der Waals surface area contributed by atoms with Crippen molar-refractivity contribution >= 4 is 18.0 Å². The van der Waals surface area contributed by atoms with Crippen LogP contribution in [0.1, 0.15) is 37.4 Å². The summed E-state index contributed by atoms with van der Waals surface area (Å²) in [4.78, 5) is 24.6. The van der Waals surface area contributed by atoms with Crippen molar-refractivity contribution in [2.75, 3.05) is 27.4 Å². The summed E-state index contributed by atoms with van der Waals surface area (Å²) in [7, 11) is 3.12. The fourth-order valence-corrected chi connectivity index (χ4v) is 2.95. The topological polar surface area (TPSA) is 83.1 Å². The van der Waals surface area contributed by atoms with E-state index in [0.717, 1.165) is 11.1 Å². The molecule has 0 aliphatic carbocycles. The van der Waals surface area contributed by atoms with Crippen LogP contribution in [0.25, 0.3) is 6.08 Å². The molecule has 7 heteroatoms. The lowest BCUT2D eigenvalue weighted by molar-refractivity contribution is -0.143. The second-order valence-electron chi connectivity index (χ2n) is 6.52. The minimum absolute atomic E-state index is 0.0114. The Morgan fingerprint density at radius 1 is 1.00 bits per heavy atom. The normalized spacial score (nSPS) is 11.6. The van der Waals surface area contributed by atoms with E-state index < -0.39 is 12.0 Å². The number of carbonyl (C=O) groups excluding carboxylic acids is 2. The molecule has 0 saturated carbocycles. The molecule has 0 aliphatic heterocycles. The van der Waals surface area contributed by atoms with Gasteiger partial charge in [-0.25, -0.2) is 0 Å². The van der Waals surface area contributed by atoms with Gasteiger partial charge in [-0.2, -0.15) is 0 Å². The quantitative estimate of drug-likeness (QED) is 0.432. The molecular formula is C24H29NO6. The Labute approximate surface area is 183 Å². The van der Waals surface area contributed by atoms with E-state index in [1.54, 1.807) is 57.6 Å². The van der Waals surface area contributed by atoms with Gasteiger partial charge >= 0.3 is 5.97 Å². The molecule has 1 N–H and O–H groups in total. The van der Waals surface area contributed by atoms with Crippen LogP contribution in [0.15, 0.2) is 48.5 Å². The van der Waals surface area contributed by atoms with Crippen LogP contribution in [0.3, 0.4) is 0 Å². The van der Waals surface area contributed by atoms with Gasteiger partial charge in [-0.3, -0.25) is 9.59 Å². The van der Waals surface area contributed by atoms with E-state index >= 15 is 0 Å². The Hall–Kier alpha value is -3.48. The van der Waals surface area contributed by atoms with Gasteiger partial charge in [0.2, 0.25) is 5.91 Å². The molecule has 2 aromatic carbocycles. The molecule has 166 valence electrons. The minimum atomic E-state index is -0.554. The maximum atomic E-state index is 12.6. The molecule has 0 saturated heterocycles. The summed E-state index contributed by atoms with van der Waals surface area (Å²) >= 11 is 0. The van der Waals surface area contributed by atoms with E-state index in [1.807, 2.05) is 19.1 Å². The number of esters is 1. The lowest BCUT2D eigenvalue weighted by atomic mass is 10.0. The standard InChI is InChI=1S/C24H29NO6/c1-5-30-21-12-10-17(14-22(21)29-4)11-13-23(26)25-20(16-24(27)31-6-2)18-8-7-9-19(15-18)28-3/h7-15,20H,5-6,16H2,1-4H3,(H,25,26)/b13-11+. The maximum Gasteiger partial charge on any atom is 0.308 e. The Kier molecular flexibility index (Phi) is 9.42. The fourth-order valence-electron chi connectivity index (χ4n) is 2.95. The number of hydrogen-bond acceptors (Lipinski definition) is 6. The van der Waals surface area contributed by atoms with Crippen LogP contribution in [0.5, 0.6) is 17.2 Å². The minimum Gasteiger partial charge on any atom is -0.497 e. The molecule has 2 rings (SSSR count). The van der Waals surface area contributed by atoms with E-state index in [1.165, 1.54) is 6.08 Å². The van der Waals surface area contributed by atoms with Gasteiger partial charge in [0.1, 0.15) is 5.75 Å². The second kappa shape index (κ2) is 12.3. The first-order valence-electron chi connectivity index (χ1n) is 10.1. The first-order chi connectivity index (χ1) is 15.0. The first-order valence-corrected chi connectivity index (χ1v) is 10.1. The van der Waals surface area contributed by atoms with Gasteiger partial charge in [-0.1, -0.05) is 18.2 Å². The summed E-state index contributed by atoms with van der Waals surface area (Å²) < 4.78 is 21.1. The van der Waals surface area contributed by atoms with Gasteiger partial charge in [0.05, 0.1) is 39.9 Å². The lowest BCUT2D eigenvalue weighted by Crippen LogP contribution is -2.29. The van der Waals surface area contributed by atoms with Gasteiger partial charge in [-0.15, -0.1) is 0 Å². The average Bonchev–Trinajstić information content (AvgIpc) is 2.78. The fraction of sp³-hybridized carbons (Fsp3) is 0.333. The zero-order chi connectivity index (χ0) is 22.6. The molecule has 1 atom stereocenters. The number of nitrogens with one attached hydrogen (secondary N) is 1. The van der Waals surface area contributed by atoms with Gasteiger partial charge in [0.15, 0.2) is 11.5 Å². The van der Waals surface area contributed by atoms with Crippen molar-refractivity contribution in [2.45, 2.75) is 26.3 Å². The monoisotopic (exact) mass is 427 g/mol. The van der Waals surface area contributed by atoms with Crippen molar-refractivity contribution in [3.63, 3.8) is 0 Å². The smallest absolute Gasteiger partial charge is 0.308 e. The largest absolute Gasteiger partial charge is 0.497 e. The van der Waals surface area contributed by atoms with E-state index in [-0.39, 0.29) is 18.9 Å². The molecule has 0 spiro atoms. The van der Waals surface area contributed by atoms with E-state index in [9.17, 15) is 9.59 Å². The molecule has 1 amide bonds. The third-order valence-electron chi connectivity index (χ3n) is 4.40. The van der Waals surface area contributed by atoms with Crippen LogP contribution in [0, 0.1) is 0 Å². The molecule has 0 fully saturated rings. The molecular weight excluding hydrogens is 398 g/mol. The van der Waals surface area contributed by atoms with Crippen LogP contribution in [-0.4, -0.2) is 39.3 Å². The summed E-state index contributed by atoms with van der Waals surface area (Å²) in [5.74, 6) is 1.12. The highest BCUT2D eigenvalue weighted by Crippen LogP contribution is 2.28. The summed E-state index contributed by atoms with van der Waals surface area (Å²) in [5, 5.41) is 2.87. The molecule has 1 unspecified atom stereocenters. The first kappa shape index (κ1) is 23.8. The van der Waals surface area contributed by atoms with Crippen LogP contribution < -0.4 is 19.5 Å². The molecule has 7 nitrogen and oxygen atoms in total. The lowest BCUT2D eigenvalue weighted by Gasteiger charge is -2.18. The Morgan fingerprint density at radius 3 is 2.48 bits per heavy atom. The maximum absolute atomic E-state index is 12.6. The number of carbonyl (C=O) groups is 2. The van der Waals surface area contributed by atoms with Crippen LogP contribution in [-0.2, 0) is 14.3 Å². The molecule has 0 aliphatic rings. The molecule has 0 aromatic heterocycles. The Morgan fingerprint density at radius 2 is 1.81 bits per heavy atom. The van der Waals surface area contributed by atoms with Gasteiger partial charge < -0.3 is 24.3 Å². The van der Waals surface area contributed by atoms with E-state index in [2.05, 4.69) is 5.32 Å². The van der Waals surface area contributed by atoms with Crippen molar-refractivity contribution in [1.29, 1.82) is 0 Å². The predicted molar refractivity (Wildman–Crippen MR) is 118 cm³/mol. The number of ether oxygens (including phenoxy) is 4. The highest BCUT2D eigenvalue weighted by Gasteiger charge is 2.19. The van der Waals surface area contributed by atoms with Crippen molar-refractivity contribution in [1.82, 2.24) is 5.32 Å². The summed E-state index contributed by atoms with van der Waals surface area (Å²) in [6.07, 6.45) is 3.09. The zero-order valence-corrected chi connectivity index (χ0v) is 18.3. The van der Waals surface area contributed by atoms with Crippen LogP contribution >= 0.6 is 0 Å². The zero-order valence-electron chi connectivity index (χ0n) is 18.3. The molecule has 0 radical (unpaired) electrons. The Balaban J connectivity index is 2.16. The third kappa shape index (κ3) is 7.37. The molecule has 2 aromatic rings. The predicted octanol–water partition coefficient (Wildman–Crippen LogP) is 3.93. The van der Waals surface area contributed by atoms with E-state index in [4.69, 9.17) is 18.9 Å². The highest BCUT2D eigenvalue weighted by molar-refractivity contribution is 5.92. The number of methoxy groups -OCH3 is 2. The van der Waals surface area contributed by atoms with Crippen molar-refractivity contribution < 1.29 is 28.5 Å². The molecule has 0 bridgehead atoms. The van der Waals surface area contributed by atoms with Crippen LogP contribution in [0.4, 0.5) is 0 Å². The highest BCUT2D eigenvalue weighted by atomic mass is 16.5. The number of hydrogen-bond donors (Lipinski definition) is 1. The van der Waals surface area contributed by atoms with Crippen molar-refractivity contribution in [2.24, 2.45) is 0 Å². The number of benzene rings is 2. The number of amides is 1. The van der Waals surface area contributed by atoms with Crippen molar-refractivity contribution in [3.8, 4) is 17.2 Å². The van der Waals surface area contributed by atoms with Gasteiger partial charge in [-0.05, 0) is 55.3 Å². The molecule has 31 heavy (non-hydrogen) atoms. The van der Waals surface area contributed by atoms with Gasteiger partial charge in [0.25, 0.3) is 0 Å². The summed E-state index contributed by atoms with van der Waals surface area (Å²) in [6.45, 7) is 4.44. The average molecular weight is 427 g/mol. The van der Waals surface area contributed by atoms with Crippen LogP contribution in [0.2, 0.25) is 0 Å². The summed E-state index contributed by atoms with van der Waals surface area (Å²) in [6, 6.07) is 12.1. The number of rotatable bonds is 11. The summed E-state index contributed by atoms with van der Waals surface area (Å²) in [5.41, 5.74) is 1.52. The second-order valence-corrected chi connectivity index (χ2v) is 6.52. The molecule has 0 heterocycles. The van der Waals surface area contributed by atoms with Crippen molar-refractivity contribution in [3.05, 3.63) is 59.7 Å². The van der Waals surface area contributed by atoms with E-state index in [0.29, 0.717) is 23.9 Å². The van der Waals surface area contributed by atoms with Gasteiger partial charge in [0, 0.05) is 6.08 Å². The SMILES string of the molecule is CCOC(=O)CC(NC(=O)/C=C/c1ccc(OCC)c(OC)c1)c1cccc(OC)c1. The Bertz CT molecular complexity index is 909. The third-order valence-corrected chi connectivity index (χ3v) is 4.40.